The van der Waals surface area contributed by atoms with Gasteiger partial charge in [-0.15, -0.1) is 10.2 Å². The summed E-state index contributed by atoms with van der Waals surface area (Å²) in [6, 6.07) is 11.9. The first-order valence-corrected chi connectivity index (χ1v) is 9.76. The van der Waals surface area contributed by atoms with E-state index >= 15 is 0 Å². The van der Waals surface area contributed by atoms with Gasteiger partial charge >= 0.3 is 0 Å². The van der Waals surface area contributed by atoms with E-state index in [4.69, 9.17) is 0 Å². The zero-order valence-corrected chi connectivity index (χ0v) is 15.0. The van der Waals surface area contributed by atoms with Crippen molar-refractivity contribution in [1.82, 2.24) is 25.0 Å². The van der Waals surface area contributed by atoms with E-state index < -0.39 is 0 Å². The Morgan fingerprint density at radius 1 is 1.04 bits per heavy atom. The van der Waals surface area contributed by atoms with E-state index in [1.807, 2.05) is 6.33 Å². The normalized spacial score (nSPS) is 22.5. The molecule has 1 saturated carbocycles. The zero-order valence-electron chi connectivity index (χ0n) is 15.0. The van der Waals surface area contributed by atoms with E-state index in [9.17, 15) is 0 Å². The van der Waals surface area contributed by atoms with Crippen molar-refractivity contribution in [3.63, 3.8) is 0 Å². The maximum Gasteiger partial charge on any atom is 0.147 e. The molecular weight excluding hydrogens is 310 g/mol. The number of hydrogen-bond acceptors (Lipinski definition) is 4. The van der Waals surface area contributed by atoms with Crippen LogP contribution in [0.2, 0.25) is 0 Å². The molecule has 2 aromatic rings. The van der Waals surface area contributed by atoms with Crippen LogP contribution in [0.15, 0.2) is 36.7 Å². The summed E-state index contributed by atoms with van der Waals surface area (Å²) in [5.74, 6) is 1.11. The van der Waals surface area contributed by atoms with Gasteiger partial charge in [-0.3, -0.25) is 4.90 Å². The summed E-state index contributed by atoms with van der Waals surface area (Å²) in [6.45, 7) is 4.17. The van der Waals surface area contributed by atoms with Gasteiger partial charge in [0, 0.05) is 31.7 Å². The molecule has 0 amide bonds. The largest absolute Gasteiger partial charge is 0.313 e. The summed E-state index contributed by atoms with van der Waals surface area (Å²) in [4.78, 5) is 2.54. The van der Waals surface area contributed by atoms with Crippen LogP contribution in [0.25, 0.3) is 0 Å². The van der Waals surface area contributed by atoms with Gasteiger partial charge in [-0.2, -0.15) is 0 Å². The van der Waals surface area contributed by atoms with Crippen molar-refractivity contribution in [3.05, 3.63) is 48.0 Å². The predicted molar refractivity (Wildman–Crippen MR) is 99.1 cm³/mol. The Hall–Kier alpha value is -1.72. The molecule has 0 bridgehead atoms. The fourth-order valence-electron chi connectivity index (χ4n) is 4.28. The van der Waals surface area contributed by atoms with Crippen molar-refractivity contribution in [2.45, 2.75) is 63.7 Å². The molecule has 25 heavy (non-hydrogen) atoms. The van der Waals surface area contributed by atoms with E-state index in [0.717, 1.165) is 25.5 Å². The van der Waals surface area contributed by atoms with Gasteiger partial charge in [0.15, 0.2) is 0 Å². The lowest BCUT2D eigenvalue weighted by molar-refractivity contribution is 0.316. The standard InChI is InChI=1S/C20H29N5/c1-3-7-17(8-4-1)14-24-12-11-18(15-24)21-13-20-23-22-16-25(20)19-9-5-2-6-10-19/h1,3-4,7-8,16,18-19,21H,2,5-6,9-15H2. The van der Waals surface area contributed by atoms with E-state index in [1.54, 1.807) is 0 Å². The Morgan fingerprint density at radius 2 is 1.88 bits per heavy atom. The van der Waals surface area contributed by atoms with Crippen LogP contribution < -0.4 is 5.32 Å². The second-order valence-corrected chi connectivity index (χ2v) is 7.53. The zero-order chi connectivity index (χ0) is 16.9. The van der Waals surface area contributed by atoms with Crippen LogP contribution in [0, 0.1) is 0 Å². The number of aromatic nitrogens is 3. The Bertz CT molecular complexity index is 647. The molecule has 5 heteroatoms. The van der Waals surface area contributed by atoms with Crippen molar-refractivity contribution >= 4 is 0 Å². The quantitative estimate of drug-likeness (QED) is 0.878. The number of rotatable bonds is 6. The molecule has 1 aliphatic carbocycles. The molecule has 1 aromatic heterocycles. The van der Waals surface area contributed by atoms with Crippen LogP contribution in [0.3, 0.4) is 0 Å². The highest BCUT2D eigenvalue weighted by Gasteiger charge is 2.23. The Balaban J connectivity index is 1.27. The second kappa shape index (κ2) is 8.11. The van der Waals surface area contributed by atoms with E-state index in [-0.39, 0.29) is 0 Å². The Kier molecular flexibility index (Phi) is 5.43. The van der Waals surface area contributed by atoms with Crippen molar-refractivity contribution in [3.8, 4) is 0 Å². The summed E-state index contributed by atoms with van der Waals surface area (Å²) in [5.41, 5.74) is 1.40. The predicted octanol–water partition coefficient (Wildman–Crippen LogP) is 3.15. The number of hydrogen-bond donors (Lipinski definition) is 1. The first-order chi connectivity index (χ1) is 12.4. The minimum absolute atomic E-state index is 0.556. The number of nitrogens with one attached hydrogen (secondary N) is 1. The minimum atomic E-state index is 0.556. The summed E-state index contributed by atoms with van der Waals surface area (Å²) >= 11 is 0. The highest BCUT2D eigenvalue weighted by Crippen LogP contribution is 2.28. The lowest BCUT2D eigenvalue weighted by Gasteiger charge is -2.24. The molecule has 1 N–H and O–H groups in total. The molecule has 4 rings (SSSR count). The topological polar surface area (TPSA) is 46.0 Å². The fraction of sp³-hybridized carbons (Fsp3) is 0.600. The molecule has 2 heterocycles. The third kappa shape index (κ3) is 4.28. The average Bonchev–Trinajstić information content (AvgIpc) is 3.31. The highest BCUT2D eigenvalue weighted by molar-refractivity contribution is 5.14. The van der Waals surface area contributed by atoms with Crippen molar-refractivity contribution < 1.29 is 0 Å². The molecule has 134 valence electrons. The van der Waals surface area contributed by atoms with Crippen molar-refractivity contribution in [2.75, 3.05) is 13.1 Å². The molecule has 2 aliphatic rings. The van der Waals surface area contributed by atoms with Gasteiger partial charge in [0.05, 0.1) is 6.54 Å². The van der Waals surface area contributed by atoms with Gasteiger partial charge in [0.1, 0.15) is 12.2 Å². The lowest BCUT2D eigenvalue weighted by Crippen LogP contribution is -2.33. The smallest absolute Gasteiger partial charge is 0.147 e. The maximum absolute atomic E-state index is 4.38. The van der Waals surface area contributed by atoms with Crippen LogP contribution in [0.4, 0.5) is 0 Å². The molecule has 1 atom stereocenters. The second-order valence-electron chi connectivity index (χ2n) is 7.53. The maximum atomic E-state index is 4.38. The number of likely N-dealkylation sites (tertiary alicyclic amines) is 1. The van der Waals surface area contributed by atoms with E-state index in [2.05, 4.69) is 55.3 Å². The third-order valence-electron chi connectivity index (χ3n) is 5.69. The van der Waals surface area contributed by atoms with Gasteiger partial charge < -0.3 is 9.88 Å². The third-order valence-corrected chi connectivity index (χ3v) is 5.69. The molecule has 0 spiro atoms. The molecular formula is C20H29N5. The first-order valence-electron chi connectivity index (χ1n) is 9.76. The van der Waals surface area contributed by atoms with Gasteiger partial charge in [-0.25, -0.2) is 0 Å². The van der Waals surface area contributed by atoms with Gasteiger partial charge in [0.25, 0.3) is 0 Å². The van der Waals surface area contributed by atoms with Crippen molar-refractivity contribution in [2.24, 2.45) is 0 Å². The van der Waals surface area contributed by atoms with Crippen LogP contribution in [-0.4, -0.2) is 38.8 Å². The Labute approximate surface area is 150 Å². The van der Waals surface area contributed by atoms with Gasteiger partial charge in [-0.05, 0) is 24.8 Å². The van der Waals surface area contributed by atoms with E-state index in [1.165, 1.54) is 50.6 Å². The number of benzene rings is 1. The molecule has 2 fully saturated rings. The summed E-state index contributed by atoms with van der Waals surface area (Å²) in [5, 5.41) is 12.3. The summed E-state index contributed by atoms with van der Waals surface area (Å²) in [7, 11) is 0. The highest BCUT2D eigenvalue weighted by atomic mass is 15.3. The lowest BCUT2D eigenvalue weighted by atomic mass is 9.95. The van der Waals surface area contributed by atoms with Gasteiger partial charge in [-0.1, -0.05) is 49.6 Å². The SMILES string of the molecule is c1ccc(CN2CCC(NCc3nncn3C3CCCCC3)C2)cc1. The van der Waals surface area contributed by atoms with Crippen LogP contribution in [0.5, 0.6) is 0 Å². The van der Waals surface area contributed by atoms with Crippen LogP contribution >= 0.6 is 0 Å². The minimum Gasteiger partial charge on any atom is -0.313 e. The van der Waals surface area contributed by atoms with E-state index in [0.29, 0.717) is 12.1 Å². The van der Waals surface area contributed by atoms with Crippen molar-refractivity contribution in [1.29, 1.82) is 0 Å². The molecule has 0 radical (unpaired) electrons. The first kappa shape index (κ1) is 16.7. The molecule has 1 unspecified atom stereocenters. The average molecular weight is 339 g/mol. The number of nitrogens with zero attached hydrogens (tertiary/aromatic N) is 4. The Morgan fingerprint density at radius 3 is 2.72 bits per heavy atom. The molecule has 1 aromatic carbocycles. The molecule has 5 nitrogen and oxygen atoms in total. The van der Waals surface area contributed by atoms with Gasteiger partial charge in [0.2, 0.25) is 0 Å². The van der Waals surface area contributed by atoms with Crippen LogP contribution in [0.1, 0.15) is 56.0 Å². The summed E-state index contributed by atoms with van der Waals surface area (Å²) < 4.78 is 2.32. The summed E-state index contributed by atoms with van der Waals surface area (Å²) in [6.07, 6.45) is 9.76. The fourth-order valence-corrected chi connectivity index (χ4v) is 4.28. The molecule has 1 aliphatic heterocycles. The molecule has 1 saturated heterocycles. The monoisotopic (exact) mass is 339 g/mol. The van der Waals surface area contributed by atoms with Crippen LogP contribution in [-0.2, 0) is 13.1 Å².